The van der Waals surface area contributed by atoms with Gasteiger partial charge >= 0.3 is 0 Å². The topological polar surface area (TPSA) is 13.1 Å². The number of hydrogen-bond donors (Lipinski definition) is 0. The first-order valence-corrected chi connectivity index (χ1v) is 17.9. The van der Waals surface area contributed by atoms with Crippen molar-refractivity contribution in [3.8, 4) is 33.4 Å². The molecule has 0 fully saturated rings. The minimum absolute atomic E-state index is 0.501. The molecule has 2 spiro atoms. The van der Waals surface area contributed by atoms with Crippen molar-refractivity contribution in [1.82, 2.24) is 0 Å². The molecule has 8 aromatic carbocycles. The highest BCUT2D eigenvalue weighted by molar-refractivity contribution is 6.07. The Labute approximate surface area is 296 Å². The Morgan fingerprint density at radius 2 is 0.725 bits per heavy atom. The molecule has 0 amide bonds. The zero-order valence-corrected chi connectivity index (χ0v) is 27.7. The van der Waals surface area contributed by atoms with Gasteiger partial charge in [-0.3, -0.25) is 0 Å². The number of fused-ring (bicyclic) bond motifs is 19. The summed E-state index contributed by atoms with van der Waals surface area (Å²) in [5, 5.41) is 2.29. The Morgan fingerprint density at radius 1 is 0.294 bits per heavy atom. The van der Waals surface area contributed by atoms with E-state index in [1.54, 1.807) is 0 Å². The first-order valence-electron chi connectivity index (χ1n) is 17.9. The molecule has 51 heavy (non-hydrogen) atoms. The van der Waals surface area contributed by atoms with Gasteiger partial charge in [0, 0.05) is 10.8 Å². The molecule has 0 atom stereocenters. The second-order valence-electron chi connectivity index (χ2n) is 14.3. The minimum atomic E-state index is -0.541. The Bertz CT molecular complexity index is 2850. The highest BCUT2D eigenvalue weighted by Gasteiger charge is 2.59. The highest BCUT2D eigenvalue weighted by Crippen LogP contribution is 2.68. The second kappa shape index (κ2) is 9.62. The third-order valence-electron chi connectivity index (χ3n) is 12.2. The van der Waals surface area contributed by atoms with Gasteiger partial charge in [-0.25, -0.2) is 0 Å². The number of benzene rings is 8. The predicted molar refractivity (Wildman–Crippen MR) is 207 cm³/mol. The van der Waals surface area contributed by atoms with Gasteiger partial charge in [-0.1, -0.05) is 164 Å². The Kier molecular flexibility index (Phi) is 5.17. The second-order valence-corrected chi connectivity index (χ2v) is 14.3. The maximum absolute atomic E-state index is 6.34. The van der Waals surface area contributed by atoms with Crippen LogP contribution in [0.25, 0.3) is 55.3 Å². The fourth-order valence-corrected chi connectivity index (χ4v) is 10.4. The summed E-state index contributed by atoms with van der Waals surface area (Å²) in [6, 6.07) is 68.1. The van der Waals surface area contributed by atoms with E-state index < -0.39 is 10.8 Å². The molecule has 0 aliphatic heterocycles. The van der Waals surface area contributed by atoms with Crippen LogP contribution in [0.5, 0.6) is 0 Å². The van der Waals surface area contributed by atoms with E-state index in [9.17, 15) is 0 Å². The largest absolute Gasteiger partial charge is 0.456 e. The average Bonchev–Trinajstić information content (AvgIpc) is 3.82. The summed E-state index contributed by atoms with van der Waals surface area (Å²) in [6.45, 7) is 0. The first kappa shape index (κ1) is 27.4. The molecule has 0 saturated heterocycles. The van der Waals surface area contributed by atoms with Crippen molar-refractivity contribution < 1.29 is 4.42 Å². The van der Waals surface area contributed by atoms with E-state index in [0.717, 1.165) is 21.9 Å². The van der Waals surface area contributed by atoms with Crippen molar-refractivity contribution in [2.24, 2.45) is 0 Å². The van der Waals surface area contributed by atoms with Gasteiger partial charge in [0.15, 0.2) is 0 Å². The third kappa shape index (κ3) is 3.15. The summed E-state index contributed by atoms with van der Waals surface area (Å²) in [5.41, 5.74) is 19.3. The SMILES string of the molecule is c1ccc2c(c1)-c1ccccc1C21c2ccccc2C2(c3ccccc3-c3ccccc32)c2c(-c3ccc4oc5ccccc5c4c3)cccc21. The molecule has 0 N–H and O–H groups in total. The van der Waals surface area contributed by atoms with E-state index in [-0.39, 0.29) is 0 Å². The lowest BCUT2D eigenvalue weighted by Gasteiger charge is -2.49. The van der Waals surface area contributed by atoms with E-state index in [1.165, 1.54) is 77.9 Å². The smallest absolute Gasteiger partial charge is 0.135 e. The van der Waals surface area contributed by atoms with Gasteiger partial charge < -0.3 is 4.42 Å². The highest BCUT2D eigenvalue weighted by atomic mass is 16.3. The normalized spacial score (nSPS) is 15.0. The predicted octanol–water partition coefficient (Wildman–Crippen LogP) is 12.3. The third-order valence-corrected chi connectivity index (χ3v) is 12.2. The van der Waals surface area contributed by atoms with Gasteiger partial charge in [0.1, 0.15) is 11.2 Å². The average molecular weight is 647 g/mol. The molecule has 12 rings (SSSR count). The standard InChI is InChI=1S/C50H30O/c1-6-20-39-33(14-1)34-15-2-7-21-40(34)49(39)43-24-10-11-25-44(43)50(41-22-8-3-16-35(41)36-17-4-9-23-42(36)50)48-32(19-13-26-45(48)49)31-28-29-47-38(30-31)37-18-5-12-27-46(37)51-47/h1-30H. The van der Waals surface area contributed by atoms with Crippen molar-refractivity contribution in [1.29, 1.82) is 0 Å². The number of rotatable bonds is 1. The lowest BCUT2D eigenvalue weighted by Crippen LogP contribution is -2.44. The summed E-state index contributed by atoms with van der Waals surface area (Å²) >= 11 is 0. The molecule has 0 saturated carbocycles. The van der Waals surface area contributed by atoms with Crippen molar-refractivity contribution in [3.05, 3.63) is 226 Å². The van der Waals surface area contributed by atoms with Gasteiger partial charge in [-0.15, -0.1) is 0 Å². The molecule has 9 aromatic rings. The van der Waals surface area contributed by atoms with Gasteiger partial charge in [-0.2, -0.15) is 0 Å². The number of para-hydroxylation sites is 1. The lowest BCUT2D eigenvalue weighted by atomic mass is 9.51. The monoisotopic (exact) mass is 646 g/mol. The van der Waals surface area contributed by atoms with Gasteiger partial charge in [0.05, 0.1) is 10.8 Å². The summed E-state index contributed by atoms with van der Waals surface area (Å²) in [6.07, 6.45) is 0. The van der Waals surface area contributed by atoms with Gasteiger partial charge in [0.25, 0.3) is 0 Å². The summed E-state index contributed by atoms with van der Waals surface area (Å²) in [5.74, 6) is 0. The van der Waals surface area contributed by atoms with Crippen molar-refractivity contribution in [3.63, 3.8) is 0 Å². The van der Waals surface area contributed by atoms with Crippen LogP contribution in [0.1, 0.15) is 44.5 Å². The van der Waals surface area contributed by atoms with Crippen molar-refractivity contribution in [2.75, 3.05) is 0 Å². The molecule has 0 unspecified atom stereocenters. The molecular formula is C50H30O. The summed E-state index contributed by atoms with van der Waals surface area (Å²) in [4.78, 5) is 0. The zero-order chi connectivity index (χ0) is 33.3. The molecule has 1 aromatic heterocycles. The van der Waals surface area contributed by atoms with Crippen LogP contribution in [0.3, 0.4) is 0 Å². The number of furan rings is 1. The molecule has 3 aliphatic carbocycles. The van der Waals surface area contributed by atoms with E-state index in [0.29, 0.717) is 0 Å². The lowest BCUT2D eigenvalue weighted by molar-refractivity contribution is 0.634. The molecule has 1 heterocycles. The maximum Gasteiger partial charge on any atom is 0.135 e. The van der Waals surface area contributed by atoms with E-state index >= 15 is 0 Å². The van der Waals surface area contributed by atoms with Crippen LogP contribution >= 0.6 is 0 Å². The van der Waals surface area contributed by atoms with Crippen LogP contribution < -0.4 is 0 Å². The van der Waals surface area contributed by atoms with E-state index in [1.807, 2.05) is 6.07 Å². The summed E-state index contributed by atoms with van der Waals surface area (Å²) < 4.78 is 6.34. The van der Waals surface area contributed by atoms with Crippen LogP contribution in [0.2, 0.25) is 0 Å². The van der Waals surface area contributed by atoms with Gasteiger partial charge in [-0.05, 0) is 96.1 Å². The molecule has 1 heteroatoms. The molecular weight excluding hydrogens is 617 g/mol. The van der Waals surface area contributed by atoms with E-state index in [4.69, 9.17) is 4.42 Å². The molecule has 0 radical (unpaired) electrons. The van der Waals surface area contributed by atoms with Crippen LogP contribution in [-0.4, -0.2) is 0 Å². The van der Waals surface area contributed by atoms with Crippen LogP contribution in [-0.2, 0) is 10.8 Å². The number of hydrogen-bond acceptors (Lipinski definition) is 1. The fraction of sp³-hybridized carbons (Fsp3) is 0.0400. The first-order chi connectivity index (χ1) is 25.3. The van der Waals surface area contributed by atoms with E-state index in [2.05, 4.69) is 176 Å². The molecule has 1 nitrogen and oxygen atoms in total. The Balaban J connectivity index is 1.31. The van der Waals surface area contributed by atoms with Crippen LogP contribution in [0.4, 0.5) is 0 Å². The molecule has 0 bridgehead atoms. The zero-order valence-electron chi connectivity index (χ0n) is 27.7. The Morgan fingerprint density at radius 3 is 1.33 bits per heavy atom. The fourth-order valence-electron chi connectivity index (χ4n) is 10.4. The summed E-state index contributed by atoms with van der Waals surface area (Å²) in [7, 11) is 0. The van der Waals surface area contributed by atoms with Crippen LogP contribution in [0.15, 0.2) is 186 Å². The molecule has 236 valence electrons. The minimum Gasteiger partial charge on any atom is -0.456 e. The van der Waals surface area contributed by atoms with Crippen molar-refractivity contribution >= 4 is 21.9 Å². The van der Waals surface area contributed by atoms with Crippen LogP contribution in [0, 0.1) is 0 Å². The van der Waals surface area contributed by atoms with Gasteiger partial charge in [0.2, 0.25) is 0 Å². The molecule has 3 aliphatic rings. The maximum atomic E-state index is 6.34. The Hall–Kier alpha value is -6.44. The quantitative estimate of drug-likeness (QED) is 0.173. The van der Waals surface area contributed by atoms with Crippen molar-refractivity contribution in [2.45, 2.75) is 10.8 Å².